The van der Waals surface area contributed by atoms with Crippen molar-refractivity contribution >= 4 is 17.3 Å². The molecule has 3 nitrogen and oxygen atoms in total. The van der Waals surface area contributed by atoms with Crippen molar-refractivity contribution in [2.24, 2.45) is 0 Å². The number of nitriles is 1. The third-order valence-corrected chi connectivity index (χ3v) is 2.52. The third-order valence-electron chi connectivity index (χ3n) is 2.52. The summed E-state index contributed by atoms with van der Waals surface area (Å²) in [6, 6.07) is 18.7. The van der Waals surface area contributed by atoms with Crippen LogP contribution in [-0.4, -0.2) is 0 Å². The number of rotatable bonds is 2. The first-order valence-corrected chi connectivity index (χ1v) is 5.46. The molecule has 0 saturated heterocycles. The molecule has 0 aromatic heterocycles. The van der Waals surface area contributed by atoms with Gasteiger partial charge in [-0.3, -0.25) is 0 Å². The fourth-order valence-electron chi connectivity index (χ4n) is 1.60. The molecule has 0 radical (unpaired) electrons. The van der Waals surface area contributed by atoms with Crippen molar-refractivity contribution in [2.75, 3.05) is 0 Å². The summed E-state index contributed by atoms with van der Waals surface area (Å²) in [6.07, 6.45) is 1.82. The number of allylic oxidation sites excluding steroid dienone is 1. The van der Waals surface area contributed by atoms with Crippen molar-refractivity contribution in [3.8, 4) is 6.07 Å². The molecule has 0 bridgehead atoms. The number of hydrogen-bond donors (Lipinski definition) is 0. The zero-order valence-corrected chi connectivity index (χ0v) is 9.62. The highest BCUT2D eigenvalue weighted by Gasteiger charge is 2.06. The van der Waals surface area contributed by atoms with Crippen molar-refractivity contribution in [1.82, 2.24) is 0 Å². The molecule has 0 saturated carbocycles. The van der Waals surface area contributed by atoms with Crippen LogP contribution in [0.25, 0.3) is 16.6 Å². The van der Waals surface area contributed by atoms with Gasteiger partial charge in [0.05, 0.1) is 11.6 Å². The molecule has 0 aliphatic heterocycles. The van der Waals surface area contributed by atoms with Crippen LogP contribution in [0.3, 0.4) is 0 Å². The minimum atomic E-state index is 0.468. The van der Waals surface area contributed by atoms with Crippen molar-refractivity contribution in [1.29, 1.82) is 10.7 Å². The van der Waals surface area contributed by atoms with Crippen LogP contribution < -0.4 is 0 Å². The molecule has 0 fully saturated rings. The highest BCUT2D eigenvalue weighted by atomic mass is 14.8. The maximum absolute atomic E-state index is 9.18. The fraction of sp³-hybridized carbons (Fsp3) is 0. The Bertz CT molecular complexity index is 641. The van der Waals surface area contributed by atoms with Gasteiger partial charge in [0.2, 0.25) is 5.39 Å². The third kappa shape index (κ3) is 2.61. The monoisotopic (exact) mass is 232 g/mol. The molecule has 0 N–H and O–H groups in total. The van der Waals surface area contributed by atoms with E-state index in [4.69, 9.17) is 5.39 Å². The highest BCUT2D eigenvalue weighted by Crippen LogP contribution is 2.20. The molecule has 18 heavy (non-hydrogen) atoms. The van der Waals surface area contributed by atoms with Gasteiger partial charge in [0.15, 0.2) is 4.98 Å². The van der Waals surface area contributed by atoms with Crippen LogP contribution in [0.15, 0.2) is 54.6 Å². The molecule has 0 amide bonds. The minimum absolute atomic E-state index is 0.468. The van der Waals surface area contributed by atoms with Crippen molar-refractivity contribution in [3.05, 3.63) is 70.7 Å². The summed E-state index contributed by atoms with van der Waals surface area (Å²) < 4.78 is 0. The first-order chi connectivity index (χ1) is 8.83. The zero-order valence-electron chi connectivity index (χ0n) is 9.62. The summed E-state index contributed by atoms with van der Waals surface area (Å²) in [7, 11) is 0. The van der Waals surface area contributed by atoms with Crippen molar-refractivity contribution in [3.63, 3.8) is 0 Å². The smallest absolute Gasteiger partial charge is 0.192 e. The molecular weight excluding hydrogens is 222 g/mol. The average Bonchev–Trinajstić information content (AvgIpc) is 2.46. The van der Waals surface area contributed by atoms with E-state index < -0.39 is 0 Å². The largest absolute Gasteiger partial charge is 0.385 e. The van der Waals surface area contributed by atoms with E-state index in [0.29, 0.717) is 11.3 Å². The standard InChI is InChI=1S/C15H10N3/c16-11-14(10-12-4-2-1-3-5-12)13-6-8-15(18-17)9-7-13/h1-10H/q+1. The van der Waals surface area contributed by atoms with Crippen molar-refractivity contribution < 1.29 is 0 Å². The number of benzene rings is 2. The van der Waals surface area contributed by atoms with E-state index in [0.717, 1.165) is 11.1 Å². The van der Waals surface area contributed by atoms with Gasteiger partial charge in [-0.05, 0) is 29.3 Å². The van der Waals surface area contributed by atoms with Gasteiger partial charge in [-0.25, -0.2) is 0 Å². The van der Waals surface area contributed by atoms with Gasteiger partial charge >= 0.3 is 5.69 Å². The molecule has 2 aromatic rings. The molecule has 0 spiro atoms. The Labute approximate surface area is 105 Å². The van der Waals surface area contributed by atoms with E-state index in [9.17, 15) is 5.26 Å². The topological polar surface area (TPSA) is 51.9 Å². The zero-order chi connectivity index (χ0) is 12.8. The summed E-state index contributed by atoms with van der Waals surface area (Å²) in [4.78, 5) is 3.08. The molecule has 0 unspecified atom stereocenters. The van der Waals surface area contributed by atoms with E-state index >= 15 is 0 Å². The van der Waals surface area contributed by atoms with Gasteiger partial charge in [-0.2, -0.15) is 5.26 Å². The lowest BCUT2D eigenvalue weighted by Gasteiger charge is -1.98. The van der Waals surface area contributed by atoms with Gasteiger partial charge in [-0.1, -0.05) is 30.3 Å². The van der Waals surface area contributed by atoms with Crippen LogP contribution in [0.4, 0.5) is 5.69 Å². The second kappa shape index (κ2) is 5.43. The molecule has 84 valence electrons. The van der Waals surface area contributed by atoms with Crippen LogP contribution in [-0.2, 0) is 0 Å². The quantitative estimate of drug-likeness (QED) is 0.442. The number of nitrogens with zero attached hydrogens (tertiary/aromatic N) is 3. The maximum Gasteiger partial charge on any atom is 0.385 e. The van der Waals surface area contributed by atoms with Gasteiger partial charge < -0.3 is 0 Å². The lowest BCUT2D eigenvalue weighted by Crippen LogP contribution is -1.81. The molecule has 3 heteroatoms. The van der Waals surface area contributed by atoms with Crippen LogP contribution in [0, 0.1) is 16.7 Å². The SMILES string of the molecule is N#CC(=Cc1ccccc1)c1ccc([N+]#N)cc1. The molecule has 0 atom stereocenters. The van der Waals surface area contributed by atoms with E-state index in [1.54, 1.807) is 24.3 Å². The minimum Gasteiger partial charge on any atom is -0.192 e. The Kier molecular flexibility index (Phi) is 3.49. The predicted molar refractivity (Wildman–Crippen MR) is 71.1 cm³/mol. The maximum atomic E-state index is 9.18. The summed E-state index contributed by atoms with van der Waals surface area (Å²) >= 11 is 0. The van der Waals surface area contributed by atoms with Gasteiger partial charge in [0, 0.05) is 12.1 Å². The molecule has 2 aromatic carbocycles. The molecule has 0 heterocycles. The summed E-state index contributed by atoms with van der Waals surface area (Å²) in [5.74, 6) is 0. The normalized spacial score (nSPS) is 10.4. The fourth-order valence-corrected chi connectivity index (χ4v) is 1.60. The van der Waals surface area contributed by atoms with E-state index in [-0.39, 0.29) is 0 Å². The van der Waals surface area contributed by atoms with E-state index in [2.05, 4.69) is 11.0 Å². The second-order valence-electron chi connectivity index (χ2n) is 3.73. The number of diazo groups is 1. The summed E-state index contributed by atoms with van der Waals surface area (Å²) in [6.45, 7) is 0. The molecule has 2 rings (SSSR count). The molecule has 0 aliphatic rings. The van der Waals surface area contributed by atoms with Gasteiger partial charge in [-0.15, -0.1) is 0 Å². The van der Waals surface area contributed by atoms with E-state index in [1.165, 1.54) is 0 Å². The molecular formula is C15H10N3+. The van der Waals surface area contributed by atoms with Gasteiger partial charge in [0.1, 0.15) is 0 Å². The predicted octanol–water partition coefficient (Wildman–Crippen LogP) is 4.24. The Morgan fingerprint density at radius 1 is 1.00 bits per heavy atom. The number of hydrogen-bond acceptors (Lipinski definition) is 2. The van der Waals surface area contributed by atoms with Gasteiger partial charge in [0.25, 0.3) is 0 Å². The lowest BCUT2D eigenvalue weighted by atomic mass is 10.0. The molecule has 0 aliphatic carbocycles. The van der Waals surface area contributed by atoms with Crippen molar-refractivity contribution in [2.45, 2.75) is 0 Å². The lowest BCUT2D eigenvalue weighted by molar-refractivity contribution is 1.46. The van der Waals surface area contributed by atoms with Crippen LogP contribution in [0.5, 0.6) is 0 Å². The Balaban J connectivity index is 2.38. The first kappa shape index (κ1) is 11.6. The van der Waals surface area contributed by atoms with Crippen LogP contribution in [0.2, 0.25) is 0 Å². The Morgan fingerprint density at radius 3 is 2.22 bits per heavy atom. The van der Waals surface area contributed by atoms with E-state index in [1.807, 2.05) is 36.4 Å². The summed E-state index contributed by atoms with van der Waals surface area (Å²) in [5.41, 5.74) is 2.82. The Hall–Kier alpha value is -2.91. The average molecular weight is 232 g/mol. The first-order valence-electron chi connectivity index (χ1n) is 5.46. The summed E-state index contributed by atoms with van der Waals surface area (Å²) in [5, 5.41) is 17.8. The van der Waals surface area contributed by atoms with Crippen LogP contribution >= 0.6 is 0 Å². The Morgan fingerprint density at radius 2 is 1.67 bits per heavy atom. The van der Waals surface area contributed by atoms with Crippen LogP contribution in [0.1, 0.15) is 11.1 Å². The highest BCUT2D eigenvalue weighted by molar-refractivity contribution is 5.89. The second-order valence-corrected chi connectivity index (χ2v) is 3.73.